The topological polar surface area (TPSA) is 46.3 Å². The van der Waals surface area contributed by atoms with Crippen molar-refractivity contribution in [2.75, 3.05) is 13.2 Å². The first-order chi connectivity index (χ1) is 7.72. The number of rotatable bonds is 1. The molecule has 1 saturated heterocycles. The summed E-state index contributed by atoms with van der Waals surface area (Å²) in [7, 11) is 0. The van der Waals surface area contributed by atoms with Gasteiger partial charge in [0.1, 0.15) is 0 Å². The first-order valence-corrected chi connectivity index (χ1v) is 5.88. The lowest BCUT2D eigenvalue weighted by atomic mass is 10.1. The third-order valence-corrected chi connectivity index (χ3v) is 3.23. The van der Waals surface area contributed by atoms with Gasteiger partial charge in [0.2, 0.25) is 5.91 Å². The van der Waals surface area contributed by atoms with Crippen molar-refractivity contribution < 1.29 is 4.79 Å². The van der Waals surface area contributed by atoms with Crippen LogP contribution in [0.4, 0.5) is 0 Å². The Morgan fingerprint density at radius 1 is 1.38 bits per heavy atom. The van der Waals surface area contributed by atoms with Gasteiger partial charge in [-0.05, 0) is 24.1 Å². The zero-order chi connectivity index (χ0) is 11.5. The summed E-state index contributed by atoms with van der Waals surface area (Å²) in [5, 5.41) is 3.46. The van der Waals surface area contributed by atoms with Crippen molar-refractivity contribution in [2.45, 2.75) is 19.3 Å². The molecule has 0 atom stereocenters. The van der Waals surface area contributed by atoms with Gasteiger partial charge >= 0.3 is 0 Å². The second kappa shape index (κ2) is 4.85. The van der Waals surface area contributed by atoms with Gasteiger partial charge in [-0.1, -0.05) is 23.7 Å². The molecular formula is C12H15ClN2O. The Morgan fingerprint density at radius 2 is 2.19 bits per heavy atom. The third kappa shape index (κ3) is 2.20. The normalized spacial score (nSPS) is 16.6. The van der Waals surface area contributed by atoms with Gasteiger partial charge in [-0.2, -0.15) is 0 Å². The highest BCUT2D eigenvalue weighted by Gasteiger charge is 2.15. The summed E-state index contributed by atoms with van der Waals surface area (Å²) >= 11 is 5.60. The minimum absolute atomic E-state index is 0.212. The maximum Gasteiger partial charge on any atom is 0.223 e. The van der Waals surface area contributed by atoms with Crippen LogP contribution in [0.1, 0.15) is 19.3 Å². The van der Waals surface area contributed by atoms with E-state index in [0.717, 1.165) is 24.4 Å². The van der Waals surface area contributed by atoms with E-state index in [0.29, 0.717) is 13.1 Å². The highest BCUT2D eigenvalue weighted by molar-refractivity contribution is 6.31. The largest absolute Gasteiger partial charge is 0.330 e. The molecule has 1 heterocycles. The van der Waals surface area contributed by atoms with Gasteiger partial charge in [0.15, 0.2) is 0 Å². The number of nitrogens with two attached hydrogens (primary N) is 1. The Bertz CT molecular complexity index is 486. The number of benzene rings is 1. The molecule has 1 amide bonds. The molecule has 0 aromatic carbocycles. The van der Waals surface area contributed by atoms with Crippen LogP contribution in [0.5, 0.6) is 0 Å². The van der Waals surface area contributed by atoms with Crippen LogP contribution in [0.15, 0.2) is 18.2 Å². The van der Waals surface area contributed by atoms with Crippen LogP contribution < -0.4 is 5.73 Å². The molecule has 0 radical (unpaired) electrons. The lowest BCUT2D eigenvalue weighted by Crippen LogP contribution is -2.39. The fraction of sp³-hybridized carbons (Fsp3) is 0.417. The van der Waals surface area contributed by atoms with E-state index in [-0.39, 0.29) is 5.91 Å². The number of halogens is 1. The summed E-state index contributed by atoms with van der Waals surface area (Å²) in [5.41, 5.74) is 5.30. The zero-order valence-electron chi connectivity index (χ0n) is 9.08. The summed E-state index contributed by atoms with van der Waals surface area (Å²) in [6.07, 6.45) is 2.84. The predicted octanol–water partition coefficient (Wildman–Crippen LogP) is 1.86. The van der Waals surface area contributed by atoms with Crippen LogP contribution in [0, 0.1) is 10.4 Å². The van der Waals surface area contributed by atoms with E-state index >= 15 is 0 Å². The Balaban J connectivity index is 0.000000123. The second-order valence-electron chi connectivity index (χ2n) is 3.99. The number of carbonyl (C=O) groups is 1. The van der Waals surface area contributed by atoms with Crippen molar-refractivity contribution in [3.63, 3.8) is 0 Å². The molecule has 1 aliphatic heterocycles. The number of likely N-dealkylation sites (tertiary alicyclic amines) is 1. The molecule has 0 aromatic heterocycles. The third-order valence-electron chi connectivity index (χ3n) is 2.92. The van der Waals surface area contributed by atoms with Crippen LogP contribution in [-0.4, -0.2) is 24.0 Å². The Kier molecular flexibility index (Phi) is 3.46. The maximum absolute atomic E-state index is 10.9. The minimum Gasteiger partial charge on any atom is -0.330 e. The fourth-order valence-corrected chi connectivity index (χ4v) is 2.09. The summed E-state index contributed by atoms with van der Waals surface area (Å²) < 4.78 is 0. The van der Waals surface area contributed by atoms with Crippen LogP contribution in [-0.2, 0) is 4.79 Å². The van der Waals surface area contributed by atoms with Gasteiger partial charge in [-0.25, -0.2) is 0 Å². The van der Waals surface area contributed by atoms with Gasteiger partial charge < -0.3 is 10.6 Å². The SMILES string of the molecule is Clc1cc2ccc1=2.NCN1CCCCC1=O. The minimum atomic E-state index is 0.212. The quantitative estimate of drug-likeness (QED) is 0.824. The van der Waals surface area contributed by atoms with E-state index < -0.39 is 0 Å². The molecule has 3 aliphatic rings. The number of amides is 1. The molecule has 0 unspecified atom stereocenters. The van der Waals surface area contributed by atoms with Crippen LogP contribution in [0.3, 0.4) is 0 Å². The van der Waals surface area contributed by atoms with Gasteiger partial charge in [-0.3, -0.25) is 4.79 Å². The average Bonchev–Trinajstić information content (AvgIpc) is 2.27. The fourth-order valence-electron chi connectivity index (χ4n) is 1.80. The Morgan fingerprint density at radius 3 is 2.44 bits per heavy atom. The lowest BCUT2D eigenvalue weighted by molar-refractivity contribution is -0.133. The Labute approximate surface area is 99.5 Å². The highest BCUT2D eigenvalue weighted by atomic mass is 35.5. The van der Waals surface area contributed by atoms with E-state index in [1.54, 1.807) is 4.90 Å². The van der Waals surface area contributed by atoms with E-state index in [1.165, 1.54) is 10.4 Å². The van der Waals surface area contributed by atoms with Gasteiger partial charge in [0.25, 0.3) is 0 Å². The van der Waals surface area contributed by atoms with Crippen molar-refractivity contribution in [2.24, 2.45) is 5.73 Å². The predicted molar refractivity (Wildman–Crippen MR) is 63.7 cm³/mol. The Hall–Kier alpha value is -1.06. The van der Waals surface area contributed by atoms with E-state index in [2.05, 4.69) is 6.07 Å². The summed E-state index contributed by atoms with van der Waals surface area (Å²) in [6, 6.07) is 6.05. The molecule has 4 heteroatoms. The number of nitrogens with zero attached hydrogens (tertiary/aromatic N) is 1. The van der Waals surface area contributed by atoms with Crippen LogP contribution in [0.25, 0.3) is 0 Å². The molecule has 2 aliphatic carbocycles. The molecule has 0 saturated carbocycles. The lowest BCUT2D eigenvalue weighted by Gasteiger charge is -2.24. The molecule has 86 valence electrons. The molecule has 3 rings (SSSR count). The molecule has 0 spiro atoms. The van der Waals surface area contributed by atoms with Gasteiger partial charge in [0.05, 0.1) is 6.67 Å². The average molecular weight is 239 g/mol. The molecule has 0 bridgehead atoms. The molecular weight excluding hydrogens is 224 g/mol. The molecule has 2 N–H and O–H groups in total. The van der Waals surface area contributed by atoms with Crippen molar-refractivity contribution in [1.82, 2.24) is 4.90 Å². The molecule has 1 fully saturated rings. The number of piperidine rings is 1. The van der Waals surface area contributed by atoms with E-state index in [4.69, 9.17) is 17.3 Å². The van der Waals surface area contributed by atoms with Crippen molar-refractivity contribution in [1.29, 1.82) is 0 Å². The van der Waals surface area contributed by atoms with Gasteiger partial charge in [0, 0.05) is 23.2 Å². The first-order valence-electron chi connectivity index (χ1n) is 5.50. The highest BCUT2D eigenvalue weighted by Crippen LogP contribution is 2.20. The number of hydrogen-bond acceptors (Lipinski definition) is 2. The monoisotopic (exact) mass is 238 g/mol. The maximum atomic E-state index is 10.9. The van der Waals surface area contributed by atoms with Crippen LogP contribution in [0.2, 0.25) is 5.02 Å². The second-order valence-corrected chi connectivity index (χ2v) is 4.40. The van der Waals surface area contributed by atoms with E-state index in [9.17, 15) is 4.79 Å². The number of hydrogen-bond donors (Lipinski definition) is 1. The van der Waals surface area contributed by atoms with Gasteiger partial charge in [-0.15, -0.1) is 0 Å². The summed E-state index contributed by atoms with van der Waals surface area (Å²) in [4.78, 5) is 12.6. The smallest absolute Gasteiger partial charge is 0.223 e. The molecule has 16 heavy (non-hydrogen) atoms. The van der Waals surface area contributed by atoms with Crippen molar-refractivity contribution in [3.05, 3.63) is 33.7 Å². The van der Waals surface area contributed by atoms with Crippen molar-refractivity contribution >= 4 is 17.5 Å². The summed E-state index contributed by atoms with van der Waals surface area (Å²) in [6.45, 7) is 1.24. The van der Waals surface area contributed by atoms with Crippen LogP contribution >= 0.6 is 11.6 Å². The van der Waals surface area contributed by atoms with Crippen molar-refractivity contribution in [3.8, 4) is 0 Å². The summed E-state index contributed by atoms with van der Waals surface area (Å²) in [5.74, 6) is 0.212. The molecule has 0 aromatic rings. The molecule has 3 nitrogen and oxygen atoms in total. The zero-order valence-corrected chi connectivity index (χ0v) is 9.83. The van der Waals surface area contributed by atoms with E-state index in [1.807, 2.05) is 12.1 Å². The standard InChI is InChI=1S/C6H3Cl.C6H12N2O/c7-6-3-4-1-2-5(4)6;7-5-8-4-2-1-3-6(8)9/h1-3H;1-5,7H2. The first kappa shape index (κ1) is 11.4. The number of carbonyl (C=O) groups excluding carboxylic acids is 1.